The fourth-order valence-corrected chi connectivity index (χ4v) is 1.29. The number of hydrogen-bond acceptors (Lipinski definition) is 2. The number of ether oxygens (including phenoxy) is 1. The zero-order chi connectivity index (χ0) is 9.68. The SMILES string of the molecule is C=C1CC1CCC/C=C/C(=O)OC. The molecule has 0 bridgehead atoms. The molecule has 0 aromatic carbocycles. The van der Waals surface area contributed by atoms with Gasteiger partial charge in [0.25, 0.3) is 0 Å². The van der Waals surface area contributed by atoms with Crippen LogP contribution in [0.2, 0.25) is 0 Å². The molecule has 0 aromatic heterocycles. The molecule has 0 aromatic rings. The number of carbonyl (C=O) groups is 1. The highest BCUT2D eigenvalue weighted by atomic mass is 16.5. The van der Waals surface area contributed by atoms with Gasteiger partial charge in [-0.25, -0.2) is 4.79 Å². The second kappa shape index (κ2) is 4.85. The van der Waals surface area contributed by atoms with Gasteiger partial charge in [-0.1, -0.05) is 18.2 Å². The Kier molecular flexibility index (Phi) is 3.74. The molecule has 0 saturated heterocycles. The molecular formula is C11H16O2. The maximum Gasteiger partial charge on any atom is 0.330 e. The predicted molar refractivity (Wildman–Crippen MR) is 52.3 cm³/mol. The number of rotatable bonds is 5. The maximum atomic E-state index is 10.7. The molecule has 1 unspecified atom stereocenters. The van der Waals surface area contributed by atoms with Crippen molar-refractivity contribution in [3.05, 3.63) is 24.3 Å². The summed E-state index contributed by atoms with van der Waals surface area (Å²) in [5.41, 5.74) is 1.39. The third kappa shape index (κ3) is 3.92. The highest BCUT2D eigenvalue weighted by Crippen LogP contribution is 2.39. The third-order valence-corrected chi connectivity index (χ3v) is 2.30. The Bertz CT molecular complexity index is 228. The fourth-order valence-electron chi connectivity index (χ4n) is 1.29. The Morgan fingerprint density at radius 3 is 3.00 bits per heavy atom. The monoisotopic (exact) mass is 180 g/mol. The van der Waals surface area contributed by atoms with Crippen molar-refractivity contribution in [2.24, 2.45) is 5.92 Å². The minimum Gasteiger partial charge on any atom is -0.466 e. The summed E-state index contributed by atoms with van der Waals surface area (Å²) in [5, 5.41) is 0. The molecule has 72 valence electrons. The van der Waals surface area contributed by atoms with Crippen LogP contribution in [-0.4, -0.2) is 13.1 Å². The molecule has 0 radical (unpaired) electrons. The quantitative estimate of drug-likeness (QED) is 0.281. The summed E-state index contributed by atoms with van der Waals surface area (Å²) >= 11 is 0. The van der Waals surface area contributed by atoms with E-state index < -0.39 is 0 Å². The summed E-state index contributed by atoms with van der Waals surface area (Å²) in [6.07, 6.45) is 7.87. The molecule has 2 nitrogen and oxygen atoms in total. The average Bonchev–Trinajstić information content (AvgIpc) is 2.81. The summed E-state index contributed by atoms with van der Waals surface area (Å²) in [6.45, 7) is 3.90. The van der Waals surface area contributed by atoms with E-state index in [-0.39, 0.29) is 5.97 Å². The van der Waals surface area contributed by atoms with Gasteiger partial charge in [-0.3, -0.25) is 0 Å². The molecule has 2 heteroatoms. The first kappa shape index (κ1) is 10.0. The summed E-state index contributed by atoms with van der Waals surface area (Å²) in [5.74, 6) is 0.502. The smallest absolute Gasteiger partial charge is 0.330 e. The van der Waals surface area contributed by atoms with Crippen molar-refractivity contribution in [3.63, 3.8) is 0 Å². The first-order chi connectivity index (χ1) is 6.24. The second-order valence-electron chi connectivity index (χ2n) is 3.42. The first-order valence-corrected chi connectivity index (χ1v) is 4.66. The van der Waals surface area contributed by atoms with Gasteiger partial charge in [-0.15, -0.1) is 0 Å². The molecule has 1 aliphatic carbocycles. The topological polar surface area (TPSA) is 26.3 Å². The predicted octanol–water partition coefficient (Wildman–Crippen LogP) is 2.46. The second-order valence-corrected chi connectivity index (χ2v) is 3.42. The molecule has 0 aliphatic heterocycles. The van der Waals surface area contributed by atoms with E-state index in [1.54, 1.807) is 0 Å². The average molecular weight is 180 g/mol. The number of hydrogen-bond donors (Lipinski definition) is 0. The minimum absolute atomic E-state index is 0.268. The molecule has 0 amide bonds. The molecular weight excluding hydrogens is 164 g/mol. The van der Waals surface area contributed by atoms with E-state index in [9.17, 15) is 4.79 Å². The van der Waals surface area contributed by atoms with Gasteiger partial charge in [0, 0.05) is 6.08 Å². The summed E-state index contributed by atoms with van der Waals surface area (Å²) in [4.78, 5) is 10.7. The van der Waals surface area contributed by atoms with Gasteiger partial charge >= 0.3 is 5.97 Å². The lowest BCUT2D eigenvalue weighted by molar-refractivity contribution is -0.134. The number of unbranched alkanes of at least 4 members (excludes halogenated alkanes) is 1. The molecule has 0 spiro atoms. The van der Waals surface area contributed by atoms with Crippen molar-refractivity contribution >= 4 is 5.97 Å². The maximum absolute atomic E-state index is 10.7. The van der Waals surface area contributed by atoms with Crippen LogP contribution >= 0.6 is 0 Å². The normalized spacial score (nSPS) is 20.7. The summed E-state index contributed by atoms with van der Waals surface area (Å²) in [7, 11) is 1.39. The van der Waals surface area contributed by atoms with E-state index in [0.717, 1.165) is 18.8 Å². The van der Waals surface area contributed by atoms with Crippen LogP contribution in [0.1, 0.15) is 25.7 Å². The lowest BCUT2D eigenvalue weighted by Gasteiger charge is -1.93. The molecule has 13 heavy (non-hydrogen) atoms. The van der Waals surface area contributed by atoms with Crippen LogP contribution in [0, 0.1) is 5.92 Å². The van der Waals surface area contributed by atoms with Gasteiger partial charge in [-0.2, -0.15) is 0 Å². The first-order valence-electron chi connectivity index (χ1n) is 4.66. The number of allylic oxidation sites excluding steroid dienone is 2. The van der Waals surface area contributed by atoms with Gasteiger partial charge in [0.2, 0.25) is 0 Å². The van der Waals surface area contributed by atoms with Crippen molar-refractivity contribution in [1.82, 2.24) is 0 Å². The Morgan fingerprint density at radius 2 is 2.46 bits per heavy atom. The minimum atomic E-state index is -0.268. The molecule has 0 heterocycles. The van der Waals surface area contributed by atoms with Crippen LogP contribution in [0.15, 0.2) is 24.3 Å². The van der Waals surface area contributed by atoms with Crippen LogP contribution in [0.5, 0.6) is 0 Å². The van der Waals surface area contributed by atoms with Crippen molar-refractivity contribution in [1.29, 1.82) is 0 Å². The number of esters is 1. The van der Waals surface area contributed by atoms with E-state index in [0.29, 0.717) is 0 Å². The van der Waals surface area contributed by atoms with Crippen molar-refractivity contribution in [3.8, 4) is 0 Å². The Hall–Kier alpha value is -1.05. The Balaban J connectivity index is 1.97. The van der Waals surface area contributed by atoms with Crippen LogP contribution in [-0.2, 0) is 9.53 Å². The fraction of sp³-hybridized carbons (Fsp3) is 0.545. The molecule has 1 aliphatic rings. The van der Waals surface area contributed by atoms with E-state index in [2.05, 4.69) is 11.3 Å². The molecule has 1 fully saturated rings. The lowest BCUT2D eigenvalue weighted by Crippen LogP contribution is -1.93. The van der Waals surface area contributed by atoms with Crippen molar-refractivity contribution < 1.29 is 9.53 Å². The summed E-state index contributed by atoms with van der Waals surface area (Å²) < 4.78 is 4.47. The number of methoxy groups -OCH3 is 1. The third-order valence-electron chi connectivity index (χ3n) is 2.30. The highest BCUT2D eigenvalue weighted by molar-refractivity contribution is 5.81. The lowest BCUT2D eigenvalue weighted by atomic mass is 10.1. The van der Waals surface area contributed by atoms with Gasteiger partial charge in [-0.05, 0) is 31.6 Å². The van der Waals surface area contributed by atoms with Crippen LogP contribution in [0.25, 0.3) is 0 Å². The Morgan fingerprint density at radius 1 is 1.77 bits per heavy atom. The van der Waals surface area contributed by atoms with Gasteiger partial charge < -0.3 is 4.74 Å². The zero-order valence-corrected chi connectivity index (χ0v) is 8.08. The Labute approximate surface area is 79.3 Å². The van der Waals surface area contributed by atoms with Crippen LogP contribution in [0.4, 0.5) is 0 Å². The van der Waals surface area contributed by atoms with E-state index in [1.807, 2.05) is 6.08 Å². The summed E-state index contributed by atoms with van der Waals surface area (Å²) in [6, 6.07) is 0. The van der Waals surface area contributed by atoms with Crippen LogP contribution < -0.4 is 0 Å². The van der Waals surface area contributed by atoms with Gasteiger partial charge in [0.15, 0.2) is 0 Å². The largest absolute Gasteiger partial charge is 0.466 e. The molecule has 0 N–H and O–H groups in total. The van der Waals surface area contributed by atoms with E-state index in [4.69, 9.17) is 0 Å². The van der Waals surface area contributed by atoms with Gasteiger partial charge in [0.1, 0.15) is 0 Å². The van der Waals surface area contributed by atoms with Crippen molar-refractivity contribution in [2.75, 3.05) is 7.11 Å². The van der Waals surface area contributed by atoms with Gasteiger partial charge in [0.05, 0.1) is 7.11 Å². The molecule has 1 saturated carbocycles. The number of carbonyl (C=O) groups excluding carboxylic acids is 1. The van der Waals surface area contributed by atoms with Crippen LogP contribution in [0.3, 0.4) is 0 Å². The van der Waals surface area contributed by atoms with E-state index >= 15 is 0 Å². The highest BCUT2D eigenvalue weighted by Gasteiger charge is 2.25. The van der Waals surface area contributed by atoms with Crippen molar-refractivity contribution in [2.45, 2.75) is 25.7 Å². The van der Waals surface area contributed by atoms with E-state index in [1.165, 1.54) is 31.6 Å². The molecule has 1 rings (SSSR count). The zero-order valence-electron chi connectivity index (χ0n) is 8.08. The molecule has 1 atom stereocenters. The standard InChI is InChI=1S/C11H16O2/c1-9-8-10(9)6-4-3-5-7-11(12)13-2/h5,7,10H,1,3-4,6,8H2,2H3/b7-5+.